The zero-order chi connectivity index (χ0) is 14.2. The Balaban J connectivity index is 1.77. The largest absolute Gasteiger partial charge is 0.486 e. The van der Waals surface area contributed by atoms with Gasteiger partial charge in [0.15, 0.2) is 11.5 Å². The summed E-state index contributed by atoms with van der Waals surface area (Å²) < 4.78 is 16.1. The highest BCUT2D eigenvalue weighted by Gasteiger charge is 2.14. The molecular weight excluding hydrogens is 282 g/mol. The van der Waals surface area contributed by atoms with Crippen molar-refractivity contribution in [2.45, 2.75) is 6.42 Å². The molecule has 0 saturated carbocycles. The van der Waals surface area contributed by atoms with Crippen molar-refractivity contribution in [2.24, 2.45) is 0 Å². The molecule has 0 aromatic heterocycles. The van der Waals surface area contributed by atoms with E-state index in [0.29, 0.717) is 55.9 Å². The number of hydrogen-bond acceptors (Lipinski definition) is 4. The maximum atomic E-state index is 11.9. The molecule has 0 fully saturated rings. The van der Waals surface area contributed by atoms with E-state index in [1.807, 2.05) is 0 Å². The first-order chi connectivity index (χ1) is 9.81. The van der Waals surface area contributed by atoms with Gasteiger partial charge in [0.05, 0.1) is 6.61 Å². The number of ether oxygens (including phenoxy) is 3. The quantitative estimate of drug-likeness (QED) is 0.616. The van der Waals surface area contributed by atoms with Gasteiger partial charge in [0.25, 0.3) is 5.91 Å². The van der Waals surface area contributed by atoms with Crippen molar-refractivity contribution in [1.29, 1.82) is 0 Å². The fourth-order valence-electron chi connectivity index (χ4n) is 1.82. The van der Waals surface area contributed by atoms with Crippen molar-refractivity contribution in [3.8, 4) is 11.5 Å². The average molecular weight is 300 g/mol. The van der Waals surface area contributed by atoms with Crippen LogP contribution in [0.2, 0.25) is 0 Å². The Bertz CT molecular complexity index is 453. The molecule has 0 aliphatic carbocycles. The van der Waals surface area contributed by atoms with Gasteiger partial charge in [-0.2, -0.15) is 0 Å². The van der Waals surface area contributed by atoms with Crippen LogP contribution >= 0.6 is 11.6 Å². The van der Waals surface area contributed by atoms with E-state index >= 15 is 0 Å². The lowest BCUT2D eigenvalue weighted by Crippen LogP contribution is -2.25. The Labute approximate surface area is 123 Å². The van der Waals surface area contributed by atoms with Crippen LogP contribution in [-0.4, -0.2) is 44.8 Å². The summed E-state index contributed by atoms with van der Waals surface area (Å²) in [5, 5.41) is 2.83. The number of carbonyl (C=O) groups excluding carboxylic acids is 1. The van der Waals surface area contributed by atoms with Crippen LogP contribution < -0.4 is 14.8 Å². The minimum absolute atomic E-state index is 0.126. The standard InChI is InChI=1S/C14H18ClNO4/c15-4-7-18-6-1-5-16-14(17)11-2-3-12-13(10-11)20-9-8-19-12/h2-3,10H,1,4-9H2,(H,16,17). The molecule has 1 amide bonds. The van der Waals surface area contributed by atoms with Crippen LogP contribution in [0.3, 0.4) is 0 Å². The van der Waals surface area contributed by atoms with Crippen LogP contribution in [0.5, 0.6) is 11.5 Å². The van der Waals surface area contributed by atoms with Gasteiger partial charge in [-0.3, -0.25) is 4.79 Å². The van der Waals surface area contributed by atoms with E-state index in [4.69, 9.17) is 25.8 Å². The summed E-state index contributed by atoms with van der Waals surface area (Å²) in [4.78, 5) is 11.9. The van der Waals surface area contributed by atoms with Gasteiger partial charge < -0.3 is 19.5 Å². The summed E-state index contributed by atoms with van der Waals surface area (Å²) in [6.45, 7) is 2.75. The third kappa shape index (κ3) is 4.28. The summed E-state index contributed by atoms with van der Waals surface area (Å²) in [6.07, 6.45) is 0.757. The van der Waals surface area contributed by atoms with Crippen LogP contribution in [0.25, 0.3) is 0 Å². The van der Waals surface area contributed by atoms with Crippen LogP contribution in [-0.2, 0) is 4.74 Å². The molecule has 0 atom stereocenters. The zero-order valence-corrected chi connectivity index (χ0v) is 11.9. The fraction of sp³-hybridized carbons (Fsp3) is 0.500. The maximum absolute atomic E-state index is 11.9. The number of halogens is 1. The molecule has 6 heteroatoms. The SMILES string of the molecule is O=C(NCCCOCCCl)c1ccc2c(c1)OCCO2. The number of carbonyl (C=O) groups is 1. The highest BCUT2D eigenvalue weighted by molar-refractivity contribution is 6.17. The highest BCUT2D eigenvalue weighted by Crippen LogP contribution is 2.30. The minimum atomic E-state index is -0.126. The molecule has 1 heterocycles. The zero-order valence-electron chi connectivity index (χ0n) is 11.2. The number of amides is 1. The van der Waals surface area contributed by atoms with Crippen molar-refractivity contribution in [3.05, 3.63) is 23.8 Å². The van der Waals surface area contributed by atoms with Gasteiger partial charge in [-0.25, -0.2) is 0 Å². The van der Waals surface area contributed by atoms with Gasteiger partial charge in [-0.1, -0.05) is 0 Å². The van der Waals surface area contributed by atoms with Crippen molar-refractivity contribution in [3.63, 3.8) is 0 Å². The summed E-state index contributed by atoms with van der Waals surface area (Å²) in [5.74, 6) is 1.67. The van der Waals surface area contributed by atoms with E-state index in [-0.39, 0.29) is 5.91 Å². The van der Waals surface area contributed by atoms with Gasteiger partial charge in [-0.05, 0) is 24.6 Å². The number of rotatable bonds is 7. The Morgan fingerprint density at radius 1 is 1.25 bits per heavy atom. The number of benzene rings is 1. The first kappa shape index (κ1) is 14.9. The third-order valence-corrected chi connectivity index (χ3v) is 2.93. The molecule has 0 spiro atoms. The minimum Gasteiger partial charge on any atom is -0.486 e. The molecule has 0 unspecified atom stereocenters. The Morgan fingerprint density at radius 3 is 2.85 bits per heavy atom. The van der Waals surface area contributed by atoms with Gasteiger partial charge in [0.2, 0.25) is 0 Å². The maximum Gasteiger partial charge on any atom is 0.251 e. The second-order valence-corrected chi connectivity index (χ2v) is 4.65. The third-order valence-electron chi connectivity index (χ3n) is 2.78. The van der Waals surface area contributed by atoms with Crippen LogP contribution in [0.1, 0.15) is 16.8 Å². The molecule has 1 aromatic carbocycles. The Hall–Kier alpha value is -1.46. The second-order valence-electron chi connectivity index (χ2n) is 4.27. The molecule has 110 valence electrons. The van der Waals surface area contributed by atoms with Crippen LogP contribution in [0.15, 0.2) is 18.2 Å². The molecule has 0 saturated heterocycles. The number of hydrogen-bond donors (Lipinski definition) is 1. The smallest absolute Gasteiger partial charge is 0.251 e. The monoisotopic (exact) mass is 299 g/mol. The predicted molar refractivity (Wildman–Crippen MR) is 75.9 cm³/mol. The molecule has 1 aliphatic rings. The molecule has 1 aromatic rings. The van der Waals surface area contributed by atoms with E-state index in [9.17, 15) is 4.79 Å². The first-order valence-corrected chi connectivity index (χ1v) is 7.16. The predicted octanol–water partition coefficient (Wildman–Crippen LogP) is 1.83. The summed E-state index contributed by atoms with van der Waals surface area (Å²) >= 11 is 5.49. The number of fused-ring (bicyclic) bond motifs is 1. The average Bonchev–Trinajstić information content (AvgIpc) is 2.50. The Morgan fingerprint density at radius 2 is 2.05 bits per heavy atom. The summed E-state index contributed by atoms with van der Waals surface area (Å²) in [5.41, 5.74) is 0.566. The lowest BCUT2D eigenvalue weighted by molar-refractivity contribution is 0.0943. The van der Waals surface area contributed by atoms with E-state index in [1.165, 1.54) is 0 Å². The van der Waals surface area contributed by atoms with Crippen molar-refractivity contribution >= 4 is 17.5 Å². The lowest BCUT2D eigenvalue weighted by Gasteiger charge is -2.18. The Kier molecular flexibility index (Phi) is 5.95. The van der Waals surface area contributed by atoms with Gasteiger partial charge in [0, 0.05) is 24.6 Å². The van der Waals surface area contributed by atoms with Crippen molar-refractivity contribution < 1.29 is 19.0 Å². The van der Waals surface area contributed by atoms with Gasteiger partial charge >= 0.3 is 0 Å². The van der Waals surface area contributed by atoms with E-state index in [0.717, 1.165) is 6.42 Å². The molecule has 1 aliphatic heterocycles. The lowest BCUT2D eigenvalue weighted by atomic mass is 10.2. The molecular formula is C14H18ClNO4. The van der Waals surface area contributed by atoms with E-state index in [2.05, 4.69) is 5.32 Å². The molecule has 1 N–H and O–H groups in total. The van der Waals surface area contributed by atoms with Crippen molar-refractivity contribution in [2.75, 3.05) is 38.9 Å². The van der Waals surface area contributed by atoms with Crippen LogP contribution in [0, 0.1) is 0 Å². The number of alkyl halides is 1. The molecule has 2 rings (SSSR count). The van der Waals surface area contributed by atoms with Crippen molar-refractivity contribution in [1.82, 2.24) is 5.32 Å². The van der Waals surface area contributed by atoms with E-state index < -0.39 is 0 Å². The molecule has 0 bridgehead atoms. The fourth-order valence-corrected chi connectivity index (χ4v) is 1.93. The normalized spacial score (nSPS) is 13.1. The first-order valence-electron chi connectivity index (χ1n) is 6.63. The van der Waals surface area contributed by atoms with E-state index in [1.54, 1.807) is 18.2 Å². The molecule has 5 nitrogen and oxygen atoms in total. The van der Waals surface area contributed by atoms with Crippen LogP contribution in [0.4, 0.5) is 0 Å². The molecule has 0 radical (unpaired) electrons. The molecule has 20 heavy (non-hydrogen) atoms. The number of nitrogens with one attached hydrogen (secondary N) is 1. The second kappa shape index (κ2) is 7.97. The van der Waals surface area contributed by atoms with Gasteiger partial charge in [0.1, 0.15) is 13.2 Å². The summed E-state index contributed by atoms with van der Waals surface area (Å²) in [7, 11) is 0. The summed E-state index contributed by atoms with van der Waals surface area (Å²) in [6, 6.07) is 5.19. The highest BCUT2D eigenvalue weighted by atomic mass is 35.5. The topological polar surface area (TPSA) is 56.8 Å². The van der Waals surface area contributed by atoms with Gasteiger partial charge in [-0.15, -0.1) is 11.6 Å².